The first-order chi connectivity index (χ1) is 13.7. The Balaban J connectivity index is 1.60. The fourth-order valence-electron chi connectivity index (χ4n) is 2.86. The van der Waals surface area contributed by atoms with Gasteiger partial charge in [0.1, 0.15) is 17.0 Å². The molecule has 0 spiro atoms. The van der Waals surface area contributed by atoms with Crippen LogP contribution >= 0.6 is 0 Å². The molecule has 0 aliphatic rings. The number of carbonyl (C=O) groups excluding carboxylic acids is 1. The monoisotopic (exact) mass is 374 g/mol. The Morgan fingerprint density at radius 3 is 2.54 bits per heavy atom. The topological polar surface area (TPSA) is 73.6 Å². The van der Waals surface area contributed by atoms with Gasteiger partial charge in [0, 0.05) is 22.9 Å². The lowest BCUT2D eigenvalue weighted by Gasteiger charge is -2.07. The van der Waals surface area contributed by atoms with Gasteiger partial charge < -0.3 is 19.2 Å². The Hall–Kier alpha value is -3.80. The van der Waals surface area contributed by atoms with Crippen LogP contribution in [0.25, 0.3) is 22.6 Å². The first kappa shape index (κ1) is 17.6. The molecule has 0 radical (unpaired) electrons. The molecule has 1 amide bonds. The summed E-state index contributed by atoms with van der Waals surface area (Å²) >= 11 is 0. The fourth-order valence-corrected chi connectivity index (χ4v) is 2.86. The zero-order chi connectivity index (χ0) is 19.5. The van der Waals surface area contributed by atoms with Gasteiger partial charge in [-0.2, -0.15) is 0 Å². The smallest absolute Gasteiger partial charge is 0.255 e. The maximum absolute atomic E-state index is 12.5. The molecule has 0 aliphatic heterocycles. The molecule has 0 saturated heterocycles. The molecule has 4 rings (SSSR count). The van der Waals surface area contributed by atoms with Gasteiger partial charge in [-0.15, -0.1) is 0 Å². The van der Waals surface area contributed by atoms with Crippen molar-refractivity contribution in [2.75, 3.05) is 19.5 Å². The van der Waals surface area contributed by atoms with E-state index in [1.165, 1.54) is 0 Å². The van der Waals surface area contributed by atoms with Crippen LogP contribution in [0, 0.1) is 0 Å². The van der Waals surface area contributed by atoms with Crippen molar-refractivity contribution < 1.29 is 18.7 Å². The number of benzene rings is 3. The minimum Gasteiger partial charge on any atom is -0.497 e. The molecule has 1 N–H and O–H groups in total. The van der Waals surface area contributed by atoms with Crippen LogP contribution in [0.1, 0.15) is 10.4 Å². The number of carbonyl (C=O) groups is 1. The number of aromatic nitrogens is 1. The van der Waals surface area contributed by atoms with Crippen LogP contribution in [-0.2, 0) is 0 Å². The summed E-state index contributed by atoms with van der Waals surface area (Å²) in [5, 5.41) is 2.89. The molecule has 0 bridgehead atoms. The third-order valence-corrected chi connectivity index (χ3v) is 4.29. The van der Waals surface area contributed by atoms with Crippen molar-refractivity contribution in [1.82, 2.24) is 4.98 Å². The molecule has 4 aromatic rings. The Morgan fingerprint density at radius 2 is 1.71 bits per heavy atom. The number of ether oxygens (including phenoxy) is 2. The summed E-state index contributed by atoms with van der Waals surface area (Å²) < 4.78 is 16.2. The molecule has 6 heteroatoms. The van der Waals surface area contributed by atoms with Gasteiger partial charge in [-0.1, -0.05) is 12.1 Å². The number of hydrogen-bond acceptors (Lipinski definition) is 5. The second kappa shape index (κ2) is 7.44. The molecule has 0 saturated carbocycles. The summed E-state index contributed by atoms with van der Waals surface area (Å²) in [5.41, 5.74) is 3.30. The van der Waals surface area contributed by atoms with Gasteiger partial charge in [0.25, 0.3) is 5.91 Å². The van der Waals surface area contributed by atoms with Crippen LogP contribution in [0.15, 0.2) is 71.1 Å². The molecule has 28 heavy (non-hydrogen) atoms. The van der Waals surface area contributed by atoms with Crippen molar-refractivity contribution in [2.24, 2.45) is 0 Å². The molecular weight excluding hydrogens is 356 g/mol. The zero-order valence-electron chi connectivity index (χ0n) is 15.4. The minimum atomic E-state index is -0.224. The number of hydrogen-bond donors (Lipinski definition) is 1. The third kappa shape index (κ3) is 3.53. The molecule has 3 aromatic carbocycles. The Bertz CT molecular complexity index is 1150. The van der Waals surface area contributed by atoms with E-state index in [0.717, 1.165) is 5.56 Å². The second-order valence-corrected chi connectivity index (χ2v) is 6.12. The van der Waals surface area contributed by atoms with Crippen LogP contribution in [0.5, 0.6) is 11.5 Å². The average Bonchev–Trinajstić information content (AvgIpc) is 3.17. The summed E-state index contributed by atoms with van der Waals surface area (Å²) in [7, 11) is 3.17. The zero-order valence-corrected chi connectivity index (χ0v) is 15.4. The van der Waals surface area contributed by atoms with Gasteiger partial charge in [0.15, 0.2) is 5.58 Å². The highest BCUT2D eigenvalue weighted by Crippen LogP contribution is 2.28. The number of anilines is 1. The Kier molecular flexibility index (Phi) is 4.68. The number of amides is 1. The van der Waals surface area contributed by atoms with E-state index in [1.807, 2.05) is 42.5 Å². The fraction of sp³-hybridized carbons (Fsp3) is 0.0909. The van der Waals surface area contributed by atoms with Gasteiger partial charge in [-0.05, 0) is 48.5 Å². The summed E-state index contributed by atoms with van der Waals surface area (Å²) in [6, 6.07) is 19.8. The molecular formula is C22H18N2O4. The van der Waals surface area contributed by atoms with Crippen molar-refractivity contribution in [3.8, 4) is 23.0 Å². The van der Waals surface area contributed by atoms with Crippen molar-refractivity contribution in [1.29, 1.82) is 0 Å². The molecule has 0 aliphatic carbocycles. The molecule has 0 unspecified atom stereocenters. The predicted octanol–water partition coefficient (Wildman–Crippen LogP) is 4.76. The van der Waals surface area contributed by atoms with E-state index in [4.69, 9.17) is 13.9 Å². The van der Waals surface area contributed by atoms with Crippen LogP contribution in [0.2, 0.25) is 0 Å². The van der Waals surface area contributed by atoms with Gasteiger partial charge in [-0.3, -0.25) is 4.79 Å². The van der Waals surface area contributed by atoms with Crippen molar-refractivity contribution in [3.63, 3.8) is 0 Å². The highest BCUT2D eigenvalue weighted by Gasteiger charge is 2.12. The van der Waals surface area contributed by atoms with E-state index in [9.17, 15) is 4.79 Å². The summed E-state index contributed by atoms with van der Waals surface area (Å²) in [6.45, 7) is 0. The quantitative estimate of drug-likeness (QED) is 0.545. The maximum atomic E-state index is 12.5. The lowest BCUT2D eigenvalue weighted by Crippen LogP contribution is -2.11. The Labute approximate surface area is 161 Å². The molecule has 140 valence electrons. The molecule has 6 nitrogen and oxygen atoms in total. The third-order valence-electron chi connectivity index (χ3n) is 4.29. The number of rotatable bonds is 5. The van der Waals surface area contributed by atoms with Gasteiger partial charge in [-0.25, -0.2) is 4.98 Å². The second-order valence-electron chi connectivity index (χ2n) is 6.12. The van der Waals surface area contributed by atoms with Gasteiger partial charge in [0.05, 0.1) is 14.2 Å². The summed E-state index contributed by atoms with van der Waals surface area (Å²) in [4.78, 5) is 17.0. The normalized spacial score (nSPS) is 10.6. The van der Waals surface area contributed by atoms with Crippen LogP contribution < -0.4 is 14.8 Å². The average molecular weight is 374 g/mol. The number of methoxy groups -OCH3 is 2. The first-order valence-electron chi connectivity index (χ1n) is 8.67. The SMILES string of the molecule is COc1cccc(C(=O)Nc2cccc(-c3nc4cc(OC)ccc4o3)c2)c1. The number of nitrogens with zero attached hydrogens (tertiary/aromatic N) is 1. The minimum absolute atomic E-state index is 0.224. The molecule has 0 atom stereocenters. The van der Waals surface area contributed by atoms with Crippen molar-refractivity contribution in [2.45, 2.75) is 0 Å². The molecule has 0 fully saturated rings. The van der Waals surface area contributed by atoms with Crippen molar-refractivity contribution >= 4 is 22.7 Å². The van der Waals surface area contributed by atoms with E-state index < -0.39 is 0 Å². The molecule has 1 aromatic heterocycles. The largest absolute Gasteiger partial charge is 0.497 e. The molecule has 1 heterocycles. The first-order valence-corrected chi connectivity index (χ1v) is 8.67. The van der Waals surface area contributed by atoms with Gasteiger partial charge in [0.2, 0.25) is 5.89 Å². The summed E-state index contributed by atoms with van der Waals surface area (Å²) in [6.07, 6.45) is 0. The summed E-state index contributed by atoms with van der Waals surface area (Å²) in [5.74, 6) is 1.59. The number of nitrogens with one attached hydrogen (secondary N) is 1. The number of fused-ring (bicyclic) bond motifs is 1. The van der Waals surface area contributed by atoms with E-state index in [2.05, 4.69) is 10.3 Å². The standard InChI is InChI=1S/C22H18N2O4/c1-26-17-8-4-5-14(12-17)21(25)23-16-7-3-6-15(11-16)22-24-19-13-18(27-2)9-10-20(19)28-22/h3-13H,1-2H3,(H,23,25). The van der Waals surface area contributed by atoms with Crippen LogP contribution in [0.4, 0.5) is 5.69 Å². The lowest BCUT2D eigenvalue weighted by molar-refractivity contribution is 0.102. The predicted molar refractivity (Wildman–Crippen MR) is 107 cm³/mol. The van der Waals surface area contributed by atoms with Gasteiger partial charge >= 0.3 is 0 Å². The Morgan fingerprint density at radius 1 is 0.929 bits per heavy atom. The van der Waals surface area contributed by atoms with E-state index in [-0.39, 0.29) is 5.91 Å². The maximum Gasteiger partial charge on any atom is 0.255 e. The number of oxazole rings is 1. The highest BCUT2D eigenvalue weighted by molar-refractivity contribution is 6.04. The highest BCUT2D eigenvalue weighted by atomic mass is 16.5. The van der Waals surface area contributed by atoms with Crippen LogP contribution in [-0.4, -0.2) is 25.1 Å². The lowest BCUT2D eigenvalue weighted by atomic mass is 10.1. The van der Waals surface area contributed by atoms with E-state index in [1.54, 1.807) is 38.5 Å². The van der Waals surface area contributed by atoms with E-state index >= 15 is 0 Å². The van der Waals surface area contributed by atoms with Crippen LogP contribution in [0.3, 0.4) is 0 Å². The van der Waals surface area contributed by atoms with E-state index in [0.29, 0.717) is 39.7 Å². The van der Waals surface area contributed by atoms with Crippen molar-refractivity contribution in [3.05, 3.63) is 72.3 Å².